The van der Waals surface area contributed by atoms with Gasteiger partial charge in [-0.3, -0.25) is 4.79 Å². The number of methoxy groups -OCH3 is 1. The predicted molar refractivity (Wildman–Crippen MR) is 117 cm³/mol. The molecule has 0 spiro atoms. The zero-order chi connectivity index (χ0) is 20.5. The average molecular weight is 391 g/mol. The number of amides is 1. The first-order valence-corrected chi connectivity index (χ1v) is 10.3. The minimum absolute atomic E-state index is 0.0486. The van der Waals surface area contributed by atoms with E-state index >= 15 is 0 Å². The molecule has 3 aromatic rings. The summed E-state index contributed by atoms with van der Waals surface area (Å²) in [6, 6.07) is 22.0. The van der Waals surface area contributed by atoms with Gasteiger partial charge in [0.2, 0.25) is 0 Å². The van der Waals surface area contributed by atoms with E-state index in [1.54, 1.807) is 7.11 Å². The Hall–Kier alpha value is -3.01. The van der Waals surface area contributed by atoms with Gasteiger partial charge in [-0.1, -0.05) is 56.2 Å². The molecule has 152 valence electrons. The normalized spacial score (nSPS) is 10.7. The summed E-state index contributed by atoms with van der Waals surface area (Å²) in [5.74, 6) is 0.754. The van der Waals surface area contributed by atoms with Crippen molar-refractivity contribution in [3.8, 4) is 5.75 Å². The summed E-state index contributed by atoms with van der Waals surface area (Å²) < 4.78 is 7.52. The van der Waals surface area contributed by atoms with Gasteiger partial charge in [-0.2, -0.15) is 0 Å². The molecule has 29 heavy (non-hydrogen) atoms. The summed E-state index contributed by atoms with van der Waals surface area (Å²) in [6.45, 7) is 4.33. The summed E-state index contributed by atoms with van der Waals surface area (Å²) in [5.41, 5.74) is 3.06. The van der Waals surface area contributed by atoms with E-state index in [2.05, 4.69) is 54.1 Å². The lowest BCUT2D eigenvalue weighted by atomic mass is 10.1. The molecule has 0 unspecified atom stereocenters. The Morgan fingerprint density at radius 3 is 2.59 bits per heavy atom. The predicted octanol–water partition coefficient (Wildman–Crippen LogP) is 5.38. The fourth-order valence-corrected chi connectivity index (χ4v) is 3.47. The van der Waals surface area contributed by atoms with Gasteiger partial charge >= 0.3 is 0 Å². The maximum absolute atomic E-state index is 13.3. The van der Waals surface area contributed by atoms with Crippen LogP contribution in [0.4, 0.5) is 0 Å². The minimum Gasteiger partial charge on any atom is -0.497 e. The van der Waals surface area contributed by atoms with E-state index < -0.39 is 0 Å². The van der Waals surface area contributed by atoms with Gasteiger partial charge in [-0.05, 0) is 42.3 Å². The zero-order valence-corrected chi connectivity index (χ0v) is 17.4. The summed E-state index contributed by atoms with van der Waals surface area (Å²) in [5, 5.41) is 0. The SMILES string of the molecule is CCCCCN(Cc1cccn1Cc1ccccc1)C(=O)c1cccc(OC)c1. The van der Waals surface area contributed by atoms with Gasteiger partial charge in [0.1, 0.15) is 5.75 Å². The van der Waals surface area contributed by atoms with Crippen LogP contribution in [0.5, 0.6) is 5.75 Å². The molecule has 0 bridgehead atoms. The van der Waals surface area contributed by atoms with Crippen LogP contribution in [0.2, 0.25) is 0 Å². The van der Waals surface area contributed by atoms with Gasteiger partial charge in [-0.15, -0.1) is 0 Å². The van der Waals surface area contributed by atoms with Crippen molar-refractivity contribution in [3.05, 3.63) is 89.7 Å². The van der Waals surface area contributed by atoms with Gasteiger partial charge in [0.25, 0.3) is 5.91 Å². The lowest BCUT2D eigenvalue weighted by Gasteiger charge is -2.24. The van der Waals surface area contributed by atoms with Gasteiger partial charge in [0.15, 0.2) is 0 Å². The smallest absolute Gasteiger partial charge is 0.254 e. The van der Waals surface area contributed by atoms with Crippen molar-refractivity contribution in [1.29, 1.82) is 0 Å². The third-order valence-electron chi connectivity index (χ3n) is 5.11. The maximum Gasteiger partial charge on any atom is 0.254 e. The van der Waals surface area contributed by atoms with E-state index in [-0.39, 0.29) is 5.91 Å². The molecule has 4 nitrogen and oxygen atoms in total. The molecular weight excluding hydrogens is 360 g/mol. The van der Waals surface area contributed by atoms with E-state index in [9.17, 15) is 4.79 Å². The van der Waals surface area contributed by atoms with Crippen LogP contribution in [-0.2, 0) is 13.1 Å². The highest BCUT2D eigenvalue weighted by Gasteiger charge is 2.18. The van der Waals surface area contributed by atoms with E-state index in [0.717, 1.165) is 38.0 Å². The lowest BCUT2D eigenvalue weighted by molar-refractivity contribution is 0.0736. The van der Waals surface area contributed by atoms with Crippen molar-refractivity contribution in [2.75, 3.05) is 13.7 Å². The monoisotopic (exact) mass is 390 g/mol. The van der Waals surface area contributed by atoms with Crippen molar-refractivity contribution in [3.63, 3.8) is 0 Å². The number of aromatic nitrogens is 1. The molecule has 1 amide bonds. The number of hydrogen-bond donors (Lipinski definition) is 0. The molecule has 0 aliphatic heterocycles. The number of benzene rings is 2. The third-order valence-corrected chi connectivity index (χ3v) is 5.11. The number of unbranched alkanes of at least 4 members (excludes halogenated alkanes) is 2. The highest BCUT2D eigenvalue weighted by molar-refractivity contribution is 5.94. The summed E-state index contributed by atoms with van der Waals surface area (Å²) in [4.78, 5) is 15.2. The Balaban J connectivity index is 1.79. The molecule has 0 radical (unpaired) electrons. The summed E-state index contributed by atoms with van der Waals surface area (Å²) >= 11 is 0. The van der Waals surface area contributed by atoms with Crippen molar-refractivity contribution in [2.45, 2.75) is 39.3 Å². The quantitative estimate of drug-likeness (QED) is 0.436. The first kappa shape index (κ1) is 20.7. The molecule has 1 aromatic heterocycles. The number of carbonyl (C=O) groups is 1. The second-order valence-electron chi connectivity index (χ2n) is 7.28. The Morgan fingerprint density at radius 1 is 1.00 bits per heavy atom. The largest absolute Gasteiger partial charge is 0.497 e. The molecule has 0 fully saturated rings. The molecule has 0 aliphatic rings. The van der Waals surface area contributed by atoms with Crippen LogP contribution in [0.15, 0.2) is 72.9 Å². The average Bonchev–Trinajstić information content (AvgIpc) is 3.20. The van der Waals surface area contributed by atoms with Gasteiger partial charge in [0, 0.05) is 30.5 Å². The van der Waals surface area contributed by atoms with E-state index in [1.807, 2.05) is 35.2 Å². The van der Waals surface area contributed by atoms with Crippen LogP contribution >= 0.6 is 0 Å². The molecule has 0 N–H and O–H groups in total. The van der Waals surface area contributed by atoms with Gasteiger partial charge in [-0.25, -0.2) is 0 Å². The molecule has 0 saturated carbocycles. The van der Waals surface area contributed by atoms with E-state index in [0.29, 0.717) is 17.9 Å². The zero-order valence-electron chi connectivity index (χ0n) is 17.4. The Bertz CT molecular complexity index is 902. The Kier molecular flexibility index (Phi) is 7.51. The van der Waals surface area contributed by atoms with Gasteiger partial charge < -0.3 is 14.2 Å². The molecular formula is C25H30N2O2. The summed E-state index contributed by atoms with van der Waals surface area (Å²) in [6.07, 6.45) is 5.34. The third kappa shape index (κ3) is 5.74. The first-order chi connectivity index (χ1) is 14.2. The van der Waals surface area contributed by atoms with Crippen LogP contribution in [0, 0.1) is 0 Å². The van der Waals surface area contributed by atoms with Crippen LogP contribution < -0.4 is 4.74 Å². The molecule has 0 saturated heterocycles. The lowest BCUT2D eigenvalue weighted by Crippen LogP contribution is -2.32. The minimum atomic E-state index is 0.0486. The standard InChI is InChI=1S/C25H30N2O2/c1-3-4-8-16-27(25(28)22-13-9-15-24(18-22)29-2)20-23-14-10-17-26(23)19-21-11-6-5-7-12-21/h5-7,9-15,17-18H,3-4,8,16,19-20H2,1-2H3. The number of hydrogen-bond acceptors (Lipinski definition) is 2. The van der Waals surface area contributed by atoms with Crippen LogP contribution in [-0.4, -0.2) is 29.0 Å². The number of ether oxygens (including phenoxy) is 1. The maximum atomic E-state index is 13.3. The van der Waals surface area contributed by atoms with Crippen LogP contribution in [0.3, 0.4) is 0 Å². The fraction of sp³-hybridized carbons (Fsp3) is 0.320. The first-order valence-electron chi connectivity index (χ1n) is 10.3. The van der Waals surface area contributed by atoms with Gasteiger partial charge in [0.05, 0.1) is 13.7 Å². The van der Waals surface area contributed by atoms with E-state index in [1.165, 1.54) is 5.56 Å². The molecule has 0 atom stereocenters. The van der Waals surface area contributed by atoms with Crippen molar-refractivity contribution in [1.82, 2.24) is 9.47 Å². The topological polar surface area (TPSA) is 34.5 Å². The molecule has 2 aromatic carbocycles. The van der Waals surface area contributed by atoms with E-state index in [4.69, 9.17) is 4.74 Å². The number of carbonyl (C=O) groups excluding carboxylic acids is 1. The molecule has 1 heterocycles. The van der Waals surface area contributed by atoms with Crippen molar-refractivity contribution >= 4 is 5.91 Å². The molecule has 3 rings (SSSR count). The molecule has 0 aliphatic carbocycles. The summed E-state index contributed by atoms with van der Waals surface area (Å²) in [7, 11) is 1.62. The van der Waals surface area contributed by atoms with Crippen LogP contribution in [0.25, 0.3) is 0 Å². The second kappa shape index (κ2) is 10.5. The van der Waals surface area contributed by atoms with Crippen molar-refractivity contribution in [2.24, 2.45) is 0 Å². The van der Waals surface area contributed by atoms with Crippen LogP contribution in [0.1, 0.15) is 47.8 Å². The number of rotatable bonds is 10. The second-order valence-corrected chi connectivity index (χ2v) is 7.28. The fourth-order valence-electron chi connectivity index (χ4n) is 3.47. The number of nitrogens with zero attached hydrogens (tertiary/aromatic N) is 2. The Labute approximate surface area is 173 Å². The Morgan fingerprint density at radius 2 is 1.83 bits per heavy atom. The molecule has 4 heteroatoms. The highest BCUT2D eigenvalue weighted by Crippen LogP contribution is 2.18. The van der Waals surface area contributed by atoms with Crippen molar-refractivity contribution < 1.29 is 9.53 Å². The highest BCUT2D eigenvalue weighted by atomic mass is 16.5.